The lowest BCUT2D eigenvalue weighted by Crippen LogP contribution is -2.04. The van der Waals surface area contributed by atoms with E-state index < -0.39 is 6.67 Å². The number of anilines is 1. The maximum atomic E-state index is 12.0. The van der Waals surface area contributed by atoms with Crippen molar-refractivity contribution in [3.63, 3.8) is 0 Å². The Bertz CT molecular complexity index is 789. The lowest BCUT2D eigenvalue weighted by atomic mass is 10.2. The number of nitrogens with two attached hydrogens (primary N) is 1. The van der Waals surface area contributed by atoms with Crippen molar-refractivity contribution >= 4 is 22.5 Å². The van der Waals surface area contributed by atoms with Gasteiger partial charge in [0.1, 0.15) is 24.5 Å². The quantitative estimate of drug-likeness (QED) is 0.714. The minimum Gasteiger partial charge on any atom is -0.494 e. The van der Waals surface area contributed by atoms with Crippen molar-refractivity contribution in [1.82, 2.24) is 19.6 Å². The first-order valence-corrected chi connectivity index (χ1v) is 6.36. The molecule has 0 unspecified atom stereocenters. The molecule has 0 aliphatic carbocycles. The Morgan fingerprint density at radius 1 is 1.33 bits per heavy atom. The van der Waals surface area contributed by atoms with Crippen LogP contribution in [0.4, 0.5) is 10.3 Å². The van der Waals surface area contributed by atoms with Gasteiger partial charge in [-0.3, -0.25) is 0 Å². The van der Waals surface area contributed by atoms with Crippen LogP contribution in [0.5, 0.6) is 5.75 Å². The number of nitrogens with zero attached hydrogens (tertiary/aromatic N) is 4. The zero-order valence-corrected chi connectivity index (χ0v) is 11.4. The highest BCUT2D eigenvalue weighted by Crippen LogP contribution is 2.27. The van der Waals surface area contributed by atoms with Gasteiger partial charge in [-0.1, -0.05) is 6.07 Å². The summed E-state index contributed by atoms with van der Waals surface area (Å²) in [7, 11) is 1.57. The summed E-state index contributed by atoms with van der Waals surface area (Å²) in [5, 5.41) is 4.99. The Hall–Kier alpha value is -2.48. The van der Waals surface area contributed by atoms with Crippen LogP contribution in [-0.4, -0.2) is 40.0 Å². The van der Waals surface area contributed by atoms with E-state index in [0.717, 1.165) is 5.39 Å². The second-order valence-corrected chi connectivity index (χ2v) is 4.33. The molecular weight excluding hydrogens is 277 g/mol. The van der Waals surface area contributed by atoms with Gasteiger partial charge >= 0.3 is 0 Å². The molecule has 0 spiro atoms. The third-order valence-corrected chi connectivity index (χ3v) is 3.01. The molecule has 0 saturated carbocycles. The number of benzene rings is 1. The fraction of sp³-hybridized carbons (Fsp3) is 0.308. The molecule has 0 aliphatic rings. The summed E-state index contributed by atoms with van der Waals surface area (Å²) >= 11 is 0. The molecule has 3 aromatic rings. The first-order chi connectivity index (χ1) is 10.2. The summed E-state index contributed by atoms with van der Waals surface area (Å²) in [6.45, 7) is -0.411. The molecule has 0 fully saturated rings. The number of para-hydroxylation sites is 1. The largest absolute Gasteiger partial charge is 0.494 e. The Morgan fingerprint density at radius 3 is 2.95 bits per heavy atom. The minimum atomic E-state index is -0.544. The van der Waals surface area contributed by atoms with E-state index in [1.807, 2.05) is 12.1 Å². The monoisotopic (exact) mass is 291 g/mol. The van der Waals surface area contributed by atoms with Crippen LogP contribution in [0.3, 0.4) is 0 Å². The predicted molar refractivity (Wildman–Crippen MR) is 74.9 cm³/mol. The number of nitrogen functional groups attached to an aromatic ring is 1. The average Bonchev–Trinajstić information content (AvgIpc) is 2.92. The van der Waals surface area contributed by atoms with Crippen LogP contribution < -0.4 is 10.5 Å². The Morgan fingerprint density at radius 2 is 2.19 bits per heavy atom. The van der Waals surface area contributed by atoms with Crippen LogP contribution in [0.2, 0.25) is 0 Å². The number of rotatable bonds is 5. The van der Waals surface area contributed by atoms with Crippen molar-refractivity contribution in [3.8, 4) is 5.75 Å². The van der Waals surface area contributed by atoms with Gasteiger partial charge in [0.15, 0.2) is 11.5 Å². The van der Waals surface area contributed by atoms with Crippen molar-refractivity contribution in [3.05, 3.63) is 24.0 Å². The second-order valence-electron chi connectivity index (χ2n) is 4.33. The van der Waals surface area contributed by atoms with E-state index in [4.69, 9.17) is 15.2 Å². The summed E-state index contributed by atoms with van der Waals surface area (Å²) < 4.78 is 23.9. The molecule has 0 radical (unpaired) electrons. The SMILES string of the molecule is COc1cccc2c1nc(N)n1nc(COCCF)nc21. The summed E-state index contributed by atoms with van der Waals surface area (Å²) in [4.78, 5) is 8.67. The van der Waals surface area contributed by atoms with Crippen LogP contribution >= 0.6 is 0 Å². The summed E-state index contributed by atoms with van der Waals surface area (Å²) in [5.41, 5.74) is 7.09. The third kappa shape index (κ3) is 2.33. The van der Waals surface area contributed by atoms with Crippen molar-refractivity contribution < 1.29 is 13.9 Å². The Kier molecular flexibility index (Phi) is 3.53. The van der Waals surface area contributed by atoms with Gasteiger partial charge < -0.3 is 15.2 Å². The summed E-state index contributed by atoms with van der Waals surface area (Å²) in [5.74, 6) is 1.23. The normalized spacial score (nSPS) is 11.3. The van der Waals surface area contributed by atoms with Gasteiger partial charge in [-0.2, -0.15) is 4.52 Å². The van der Waals surface area contributed by atoms with Gasteiger partial charge in [-0.05, 0) is 12.1 Å². The van der Waals surface area contributed by atoms with Crippen LogP contribution in [0.15, 0.2) is 18.2 Å². The molecular formula is C13H14FN5O2. The first kappa shape index (κ1) is 13.5. The minimum absolute atomic E-state index is 0.0118. The number of alkyl halides is 1. The number of fused-ring (bicyclic) bond motifs is 3. The van der Waals surface area contributed by atoms with E-state index >= 15 is 0 Å². The van der Waals surface area contributed by atoms with E-state index in [1.54, 1.807) is 13.2 Å². The fourth-order valence-corrected chi connectivity index (χ4v) is 2.11. The van der Waals surface area contributed by atoms with Gasteiger partial charge in [0.05, 0.1) is 13.7 Å². The molecule has 2 N–H and O–H groups in total. The maximum Gasteiger partial charge on any atom is 0.223 e. The zero-order chi connectivity index (χ0) is 14.8. The van der Waals surface area contributed by atoms with Crippen molar-refractivity contribution in [2.75, 3.05) is 26.1 Å². The second kappa shape index (κ2) is 5.49. The van der Waals surface area contributed by atoms with Crippen molar-refractivity contribution in [1.29, 1.82) is 0 Å². The molecule has 7 nitrogen and oxygen atoms in total. The molecule has 0 saturated heterocycles. The van der Waals surface area contributed by atoms with E-state index in [0.29, 0.717) is 22.7 Å². The average molecular weight is 291 g/mol. The topological polar surface area (TPSA) is 87.6 Å². The van der Waals surface area contributed by atoms with E-state index in [1.165, 1.54) is 4.52 Å². The molecule has 8 heteroatoms. The fourth-order valence-electron chi connectivity index (χ4n) is 2.11. The molecule has 3 rings (SSSR count). The van der Waals surface area contributed by atoms with Gasteiger partial charge in [-0.15, -0.1) is 5.10 Å². The number of hydrogen-bond donors (Lipinski definition) is 1. The number of halogens is 1. The van der Waals surface area contributed by atoms with Crippen molar-refractivity contribution in [2.45, 2.75) is 6.61 Å². The molecule has 0 aliphatic heterocycles. The van der Waals surface area contributed by atoms with Gasteiger partial charge in [-0.25, -0.2) is 14.4 Å². The highest BCUT2D eigenvalue weighted by molar-refractivity contribution is 5.95. The Balaban J connectivity index is 2.14. The molecule has 110 valence electrons. The summed E-state index contributed by atoms with van der Waals surface area (Å²) in [6.07, 6.45) is 0. The number of hydrogen-bond acceptors (Lipinski definition) is 6. The van der Waals surface area contributed by atoms with Crippen LogP contribution in [0, 0.1) is 0 Å². The smallest absolute Gasteiger partial charge is 0.223 e. The molecule has 2 aromatic heterocycles. The van der Waals surface area contributed by atoms with E-state index in [-0.39, 0.29) is 19.2 Å². The number of methoxy groups -OCH3 is 1. The van der Waals surface area contributed by atoms with Crippen molar-refractivity contribution in [2.24, 2.45) is 0 Å². The standard InChI is InChI=1S/C13H14FN5O2/c1-20-9-4-2-3-8-11(9)17-13(15)19-12(8)16-10(18-19)7-21-6-5-14/h2-4H,5-7H2,1H3,(H2,15,17). The van der Waals surface area contributed by atoms with Crippen LogP contribution in [-0.2, 0) is 11.3 Å². The van der Waals surface area contributed by atoms with Crippen LogP contribution in [0.25, 0.3) is 16.6 Å². The lowest BCUT2D eigenvalue weighted by Gasteiger charge is -2.06. The number of aromatic nitrogens is 4. The van der Waals surface area contributed by atoms with Gasteiger partial charge in [0.25, 0.3) is 0 Å². The molecule has 0 amide bonds. The molecule has 1 aromatic carbocycles. The zero-order valence-electron chi connectivity index (χ0n) is 11.4. The molecule has 0 bridgehead atoms. The lowest BCUT2D eigenvalue weighted by molar-refractivity contribution is 0.102. The highest BCUT2D eigenvalue weighted by atomic mass is 19.1. The first-order valence-electron chi connectivity index (χ1n) is 6.36. The molecule has 21 heavy (non-hydrogen) atoms. The maximum absolute atomic E-state index is 12.0. The third-order valence-electron chi connectivity index (χ3n) is 3.01. The van der Waals surface area contributed by atoms with E-state index in [9.17, 15) is 4.39 Å². The van der Waals surface area contributed by atoms with Gasteiger partial charge in [0.2, 0.25) is 5.95 Å². The molecule has 0 atom stereocenters. The van der Waals surface area contributed by atoms with Crippen LogP contribution in [0.1, 0.15) is 5.82 Å². The predicted octanol–water partition coefficient (Wildman–Crippen LogP) is 1.35. The summed E-state index contributed by atoms with van der Waals surface area (Å²) in [6, 6.07) is 5.50. The van der Waals surface area contributed by atoms with E-state index in [2.05, 4.69) is 15.1 Å². The molecule has 2 heterocycles. The Labute approximate surface area is 119 Å². The highest BCUT2D eigenvalue weighted by Gasteiger charge is 2.14. The van der Waals surface area contributed by atoms with Gasteiger partial charge in [0, 0.05) is 5.39 Å². The number of ether oxygens (including phenoxy) is 2.